The molecule has 1 N–H and O–H groups in total. The number of nitrogens with zero attached hydrogens (tertiary/aromatic N) is 1. The van der Waals surface area contributed by atoms with Crippen LogP contribution in [0.2, 0.25) is 0 Å². The quantitative estimate of drug-likeness (QED) is 0.466. The van der Waals surface area contributed by atoms with Gasteiger partial charge in [-0.1, -0.05) is 30.3 Å². The highest BCUT2D eigenvalue weighted by atomic mass is 16.5. The first-order valence-electron chi connectivity index (χ1n) is 9.19. The first kappa shape index (κ1) is 20.1. The number of carbonyl (C=O) groups excluding carboxylic acids is 2. The molecule has 1 heterocycles. The number of ether oxygens (including phenoxy) is 2. The molecule has 0 saturated heterocycles. The zero-order chi connectivity index (χ0) is 20.6. The highest BCUT2D eigenvalue weighted by Crippen LogP contribution is 2.21. The van der Waals surface area contributed by atoms with E-state index in [9.17, 15) is 9.59 Å². The van der Waals surface area contributed by atoms with Crippen LogP contribution in [0.3, 0.4) is 0 Å². The third-order valence-corrected chi connectivity index (χ3v) is 4.03. The fraction of sp³-hybridized carbons (Fsp3) is 0.227. The molecule has 1 aromatic heterocycles. The second-order valence-corrected chi connectivity index (χ2v) is 6.38. The zero-order valence-electron chi connectivity index (χ0n) is 16.3. The van der Waals surface area contributed by atoms with Gasteiger partial charge >= 0.3 is 5.97 Å². The molecule has 0 radical (unpaired) electrons. The molecule has 0 aliphatic heterocycles. The molecule has 0 spiro atoms. The first-order chi connectivity index (χ1) is 14.0. The molecule has 0 aliphatic rings. The van der Waals surface area contributed by atoms with Crippen molar-refractivity contribution in [2.75, 3.05) is 19.8 Å². The van der Waals surface area contributed by atoms with Gasteiger partial charge in [0.2, 0.25) is 5.89 Å². The molecule has 0 fully saturated rings. The van der Waals surface area contributed by atoms with Crippen LogP contribution in [0.4, 0.5) is 0 Å². The monoisotopic (exact) mass is 394 g/mol. The van der Waals surface area contributed by atoms with E-state index in [0.717, 1.165) is 16.9 Å². The number of rotatable bonds is 8. The van der Waals surface area contributed by atoms with Gasteiger partial charge in [-0.3, -0.25) is 4.79 Å². The Kier molecular flexibility index (Phi) is 6.63. The van der Waals surface area contributed by atoms with Crippen LogP contribution in [0, 0.1) is 13.8 Å². The number of oxazole rings is 1. The van der Waals surface area contributed by atoms with E-state index in [1.807, 2.05) is 61.5 Å². The zero-order valence-corrected chi connectivity index (χ0v) is 16.3. The van der Waals surface area contributed by atoms with Crippen LogP contribution < -0.4 is 10.1 Å². The minimum atomic E-state index is -0.709. The normalized spacial score (nSPS) is 10.4. The number of esters is 1. The first-order valence-corrected chi connectivity index (χ1v) is 9.19. The lowest BCUT2D eigenvalue weighted by molar-refractivity contribution is -0.124. The SMILES string of the molecule is Cc1cccc(OCCNC(=O)COC(=O)c2nc(-c3ccccc3)oc2C)c1. The van der Waals surface area contributed by atoms with Gasteiger partial charge in [0.15, 0.2) is 12.3 Å². The fourth-order valence-corrected chi connectivity index (χ4v) is 2.60. The molecule has 7 heteroatoms. The van der Waals surface area contributed by atoms with E-state index in [1.54, 1.807) is 6.92 Å². The molecule has 0 aliphatic carbocycles. The summed E-state index contributed by atoms with van der Waals surface area (Å²) in [6.07, 6.45) is 0. The van der Waals surface area contributed by atoms with Gasteiger partial charge in [0.1, 0.15) is 18.1 Å². The van der Waals surface area contributed by atoms with Crippen molar-refractivity contribution >= 4 is 11.9 Å². The summed E-state index contributed by atoms with van der Waals surface area (Å²) >= 11 is 0. The van der Waals surface area contributed by atoms with Crippen molar-refractivity contribution in [1.82, 2.24) is 10.3 Å². The van der Waals surface area contributed by atoms with Crippen LogP contribution in [-0.4, -0.2) is 36.6 Å². The molecule has 0 saturated carbocycles. The Balaban J connectivity index is 1.43. The molecular weight excluding hydrogens is 372 g/mol. The van der Waals surface area contributed by atoms with Gasteiger partial charge in [0, 0.05) is 5.56 Å². The van der Waals surface area contributed by atoms with E-state index in [4.69, 9.17) is 13.9 Å². The predicted molar refractivity (Wildman–Crippen MR) is 107 cm³/mol. The van der Waals surface area contributed by atoms with Gasteiger partial charge in [-0.05, 0) is 43.7 Å². The van der Waals surface area contributed by atoms with E-state index in [0.29, 0.717) is 24.8 Å². The van der Waals surface area contributed by atoms with Crippen LogP contribution >= 0.6 is 0 Å². The van der Waals surface area contributed by atoms with Crippen molar-refractivity contribution < 1.29 is 23.5 Å². The van der Waals surface area contributed by atoms with E-state index in [1.165, 1.54) is 0 Å². The standard InChI is InChI=1S/C22H22N2O5/c1-15-7-6-10-18(13-15)27-12-11-23-19(25)14-28-22(26)20-16(2)29-21(24-20)17-8-4-3-5-9-17/h3-10,13H,11-12,14H2,1-2H3,(H,23,25). The van der Waals surface area contributed by atoms with Crippen LogP contribution in [0.15, 0.2) is 59.0 Å². The summed E-state index contributed by atoms with van der Waals surface area (Å²) in [5.74, 6) is 0.269. The number of aromatic nitrogens is 1. The average Bonchev–Trinajstić information content (AvgIpc) is 3.12. The Morgan fingerprint density at radius 2 is 1.86 bits per heavy atom. The Labute approximate surface area is 168 Å². The summed E-state index contributed by atoms with van der Waals surface area (Å²) < 4.78 is 16.1. The second-order valence-electron chi connectivity index (χ2n) is 6.38. The van der Waals surface area contributed by atoms with Gasteiger partial charge in [-0.2, -0.15) is 0 Å². The lowest BCUT2D eigenvalue weighted by atomic mass is 10.2. The molecule has 3 aromatic rings. The minimum absolute atomic E-state index is 0.0550. The number of hydrogen-bond donors (Lipinski definition) is 1. The van der Waals surface area contributed by atoms with Gasteiger partial charge < -0.3 is 19.2 Å². The van der Waals surface area contributed by atoms with Crippen molar-refractivity contribution in [2.24, 2.45) is 0 Å². The number of nitrogens with one attached hydrogen (secondary N) is 1. The highest BCUT2D eigenvalue weighted by molar-refractivity contribution is 5.90. The number of benzene rings is 2. The maximum atomic E-state index is 12.2. The lowest BCUT2D eigenvalue weighted by Gasteiger charge is -2.08. The van der Waals surface area contributed by atoms with Gasteiger partial charge in [0.05, 0.1) is 6.54 Å². The molecular formula is C22H22N2O5. The minimum Gasteiger partial charge on any atom is -0.492 e. The van der Waals surface area contributed by atoms with Crippen molar-refractivity contribution in [2.45, 2.75) is 13.8 Å². The fourth-order valence-electron chi connectivity index (χ4n) is 2.60. The van der Waals surface area contributed by atoms with E-state index in [-0.39, 0.29) is 5.69 Å². The Morgan fingerprint density at radius 1 is 1.07 bits per heavy atom. The van der Waals surface area contributed by atoms with Crippen molar-refractivity contribution in [1.29, 1.82) is 0 Å². The smallest absolute Gasteiger partial charge is 0.361 e. The van der Waals surface area contributed by atoms with Gasteiger partial charge in [-0.15, -0.1) is 0 Å². The molecule has 0 atom stereocenters. The molecule has 150 valence electrons. The Morgan fingerprint density at radius 3 is 2.62 bits per heavy atom. The van der Waals surface area contributed by atoms with Crippen LogP contribution in [0.25, 0.3) is 11.5 Å². The van der Waals surface area contributed by atoms with Crippen LogP contribution in [0.1, 0.15) is 21.8 Å². The Hall–Kier alpha value is -3.61. The molecule has 7 nitrogen and oxygen atoms in total. The summed E-state index contributed by atoms with van der Waals surface area (Å²) in [7, 11) is 0. The molecule has 1 amide bonds. The highest BCUT2D eigenvalue weighted by Gasteiger charge is 2.20. The summed E-state index contributed by atoms with van der Waals surface area (Å²) in [6.45, 7) is 3.80. The van der Waals surface area contributed by atoms with Crippen molar-refractivity contribution in [3.8, 4) is 17.2 Å². The third-order valence-electron chi connectivity index (χ3n) is 4.03. The summed E-state index contributed by atoms with van der Waals surface area (Å²) in [4.78, 5) is 28.3. The molecule has 29 heavy (non-hydrogen) atoms. The van der Waals surface area contributed by atoms with Gasteiger partial charge in [0.25, 0.3) is 5.91 Å². The van der Waals surface area contributed by atoms with Crippen molar-refractivity contribution in [3.63, 3.8) is 0 Å². The molecule has 0 bridgehead atoms. The van der Waals surface area contributed by atoms with E-state index >= 15 is 0 Å². The molecule has 0 unspecified atom stereocenters. The lowest BCUT2D eigenvalue weighted by Crippen LogP contribution is -2.32. The maximum Gasteiger partial charge on any atom is 0.361 e. The Bertz CT molecular complexity index is 982. The second kappa shape index (κ2) is 9.54. The number of carbonyl (C=O) groups is 2. The van der Waals surface area contributed by atoms with Crippen LogP contribution in [-0.2, 0) is 9.53 Å². The number of amides is 1. The van der Waals surface area contributed by atoms with Gasteiger partial charge in [-0.25, -0.2) is 9.78 Å². The van der Waals surface area contributed by atoms with E-state index < -0.39 is 18.5 Å². The summed E-state index contributed by atoms with van der Waals surface area (Å²) in [5, 5.41) is 2.64. The maximum absolute atomic E-state index is 12.2. The average molecular weight is 394 g/mol. The number of aryl methyl sites for hydroxylation is 2. The topological polar surface area (TPSA) is 90.7 Å². The summed E-state index contributed by atoms with van der Waals surface area (Å²) in [6, 6.07) is 16.9. The van der Waals surface area contributed by atoms with E-state index in [2.05, 4.69) is 10.3 Å². The largest absolute Gasteiger partial charge is 0.492 e. The van der Waals surface area contributed by atoms with Crippen LogP contribution in [0.5, 0.6) is 5.75 Å². The number of hydrogen-bond acceptors (Lipinski definition) is 6. The molecule has 3 rings (SSSR count). The predicted octanol–water partition coefficient (Wildman–Crippen LogP) is 3.31. The van der Waals surface area contributed by atoms with Crippen molar-refractivity contribution in [3.05, 3.63) is 71.6 Å². The third kappa shape index (κ3) is 5.68. The molecule has 2 aromatic carbocycles. The summed E-state index contributed by atoms with van der Waals surface area (Å²) in [5.41, 5.74) is 1.90.